The minimum absolute atomic E-state index is 0. The van der Waals surface area contributed by atoms with Crippen LogP contribution in [-0.2, 0) is 51.8 Å². The van der Waals surface area contributed by atoms with Gasteiger partial charge in [0, 0.05) is 45.6 Å². The number of carbonyl (C=O) groups excluding carboxylic acids is 2. The monoisotopic (exact) mass is 683 g/mol. The van der Waals surface area contributed by atoms with Gasteiger partial charge in [0.1, 0.15) is 6.10 Å². The molecule has 0 amide bonds. The molecule has 0 aromatic rings. The second kappa shape index (κ2) is 38.2. The maximum Gasteiger partial charge on any atom is 0.306 e. The third kappa shape index (κ3) is 36.3. The number of rotatable bonds is 34. The van der Waals surface area contributed by atoms with E-state index in [1.165, 1.54) is 116 Å². The summed E-state index contributed by atoms with van der Waals surface area (Å²) < 4.78 is 11.1. The summed E-state index contributed by atoms with van der Waals surface area (Å²) in [6, 6.07) is 0. The van der Waals surface area contributed by atoms with Crippen molar-refractivity contribution in [3.8, 4) is 0 Å². The zero-order valence-corrected chi connectivity index (χ0v) is 31.9. The molecule has 5 nitrogen and oxygen atoms in total. The summed E-state index contributed by atoms with van der Waals surface area (Å²) in [4.78, 5) is 24.1. The van der Waals surface area contributed by atoms with Crippen LogP contribution >= 0.6 is 0 Å². The van der Waals surface area contributed by atoms with E-state index in [1.807, 2.05) is 13.3 Å². The first-order valence-corrected chi connectivity index (χ1v) is 18.5. The zero-order valence-electron chi connectivity index (χ0n) is 29.1. The van der Waals surface area contributed by atoms with Gasteiger partial charge in [-0.1, -0.05) is 117 Å². The average Bonchev–Trinajstić information content (AvgIpc) is 2.98. The van der Waals surface area contributed by atoms with Crippen LogP contribution < -0.4 is 5.32 Å². The molecule has 0 fully saturated rings. The standard InChI is InChI=1S/C37H72NO4.Y/c1-4-7-10-12-16-22-28-35(29-23-17-13-11-8-5-2)42-37(40)31-25-19-15-21-27-33-38-32-26-20-14-18-24-30-36(39)41-34-9-6-3;/h6,35,38H,4-5,7-34H2,1-3H3;/q-1;. The van der Waals surface area contributed by atoms with Crippen LogP contribution in [0.25, 0.3) is 0 Å². The molecule has 0 atom stereocenters. The molecular weight excluding hydrogens is 611 g/mol. The fourth-order valence-electron chi connectivity index (χ4n) is 5.40. The molecule has 43 heavy (non-hydrogen) atoms. The number of carbonyl (C=O) groups is 2. The minimum Gasteiger partial charge on any atom is -0.468 e. The van der Waals surface area contributed by atoms with E-state index in [9.17, 15) is 9.59 Å². The molecule has 0 heterocycles. The van der Waals surface area contributed by atoms with Crippen molar-refractivity contribution < 1.29 is 51.8 Å². The van der Waals surface area contributed by atoms with Gasteiger partial charge in [-0.05, 0) is 64.5 Å². The molecule has 0 aromatic carbocycles. The van der Waals surface area contributed by atoms with Crippen LogP contribution in [0.3, 0.4) is 0 Å². The van der Waals surface area contributed by atoms with Crippen molar-refractivity contribution in [2.24, 2.45) is 0 Å². The van der Waals surface area contributed by atoms with Crippen LogP contribution in [0.1, 0.15) is 194 Å². The molecule has 0 aliphatic carbocycles. The Morgan fingerprint density at radius 2 is 1.00 bits per heavy atom. The molecule has 0 bridgehead atoms. The quantitative estimate of drug-likeness (QED) is 0.0415. The van der Waals surface area contributed by atoms with E-state index in [0.717, 1.165) is 58.0 Å². The van der Waals surface area contributed by atoms with Crippen LogP contribution in [0.4, 0.5) is 0 Å². The molecule has 0 spiro atoms. The minimum atomic E-state index is -0.0512. The Labute approximate surface area is 293 Å². The van der Waals surface area contributed by atoms with E-state index in [0.29, 0.717) is 19.4 Å². The van der Waals surface area contributed by atoms with Gasteiger partial charge < -0.3 is 21.2 Å². The van der Waals surface area contributed by atoms with Crippen molar-refractivity contribution in [2.45, 2.75) is 200 Å². The molecule has 1 N–H and O–H groups in total. The summed E-state index contributed by atoms with van der Waals surface area (Å²) in [5.74, 6) is -0.0194. The summed E-state index contributed by atoms with van der Waals surface area (Å²) in [7, 11) is 0. The van der Waals surface area contributed by atoms with Gasteiger partial charge in [0.05, 0.1) is 6.61 Å². The van der Waals surface area contributed by atoms with Gasteiger partial charge in [0.2, 0.25) is 0 Å². The fourth-order valence-corrected chi connectivity index (χ4v) is 5.40. The zero-order chi connectivity index (χ0) is 30.8. The SMILES string of the molecule is C[CH-]CCOC(=O)CCCCCCCNCCCCCCCC(=O)OC(CCCCCCCC)CCCCCCCC.[Y]. The Hall–Kier alpha value is 0.00390. The van der Waals surface area contributed by atoms with Gasteiger partial charge in [0.15, 0.2) is 0 Å². The molecule has 0 aromatic heterocycles. The second-order valence-corrected chi connectivity index (χ2v) is 12.4. The van der Waals surface area contributed by atoms with Crippen molar-refractivity contribution in [2.75, 3.05) is 19.7 Å². The molecule has 253 valence electrons. The maximum atomic E-state index is 12.5. The van der Waals surface area contributed by atoms with E-state index in [1.54, 1.807) is 0 Å². The first-order chi connectivity index (χ1) is 20.6. The maximum absolute atomic E-state index is 12.5. The van der Waals surface area contributed by atoms with Crippen LogP contribution in [0.2, 0.25) is 0 Å². The first-order valence-electron chi connectivity index (χ1n) is 18.5. The van der Waals surface area contributed by atoms with E-state index < -0.39 is 0 Å². The normalized spacial score (nSPS) is 11.1. The number of hydrogen-bond donors (Lipinski definition) is 1. The fraction of sp³-hybridized carbons (Fsp3) is 0.919. The average molecular weight is 684 g/mol. The van der Waals surface area contributed by atoms with Gasteiger partial charge in [-0.25, -0.2) is 0 Å². The van der Waals surface area contributed by atoms with Crippen molar-refractivity contribution in [1.29, 1.82) is 0 Å². The van der Waals surface area contributed by atoms with Gasteiger partial charge in [-0.2, -0.15) is 6.92 Å². The third-order valence-corrected chi connectivity index (χ3v) is 8.20. The number of esters is 2. The predicted octanol–water partition coefficient (Wildman–Crippen LogP) is 10.8. The van der Waals surface area contributed by atoms with E-state index >= 15 is 0 Å². The number of hydrogen-bond acceptors (Lipinski definition) is 5. The van der Waals surface area contributed by atoms with Crippen LogP contribution in [0, 0.1) is 6.42 Å². The topological polar surface area (TPSA) is 64.6 Å². The largest absolute Gasteiger partial charge is 0.468 e. The molecule has 0 aliphatic heterocycles. The molecular formula is C37H72NO4Y-. The van der Waals surface area contributed by atoms with Crippen molar-refractivity contribution >= 4 is 11.9 Å². The van der Waals surface area contributed by atoms with Gasteiger partial charge in [-0.3, -0.25) is 9.59 Å². The summed E-state index contributed by atoms with van der Waals surface area (Å²) in [6.45, 7) is 9.20. The Bertz CT molecular complexity index is 559. The molecule has 0 saturated heterocycles. The molecule has 0 saturated carbocycles. The smallest absolute Gasteiger partial charge is 0.306 e. The summed E-state index contributed by atoms with van der Waals surface area (Å²) in [5.41, 5.74) is 0. The Morgan fingerprint density at radius 1 is 0.581 bits per heavy atom. The summed E-state index contributed by atoms with van der Waals surface area (Å²) in [5, 5.41) is 3.56. The van der Waals surface area contributed by atoms with Crippen LogP contribution in [0.15, 0.2) is 0 Å². The third-order valence-electron chi connectivity index (χ3n) is 8.20. The molecule has 1 radical (unpaired) electrons. The second-order valence-electron chi connectivity index (χ2n) is 12.4. The van der Waals surface area contributed by atoms with Crippen molar-refractivity contribution in [1.82, 2.24) is 5.32 Å². The van der Waals surface area contributed by atoms with Gasteiger partial charge in [-0.15, -0.1) is 6.42 Å². The first kappa shape index (κ1) is 45.1. The van der Waals surface area contributed by atoms with Crippen molar-refractivity contribution in [3.05, 3.63) is 6.42 Å². The molecule has 0 rings (SSSR count). The van der Waals surface area contributed by atoms with E-state index in [2.05, 4.69) is 19.2 Å². The molecule has 0 unspecified atom stereocenters. The van der Waals surface area contributed by atoms with Crippen LogP contribution in [0.5, 0.6) is 0 Å². The van der Waals surface area contributed by atoms with Gasteiger partial charge >= 0.3 is 11.9 Å². The van der Waals surface area contributed by atoms with Gasteiger partial charge in [0.25, 0.3) is 0 Å². The predicted molar refractivity (Wildman–Crippen MR) is 180 cm³/mol. The van der Waals surface area contributed by atoms with Crippen molar-refractivity contribution in [3.63, 3.8) is 0 Å². The van der Waals surface area contributed by atoms with E-state index in [-0.39, 0.29) is 50.8 Å². The number of unbranched alkanes of at least 4 members (excludes halogenated alkanes) is 19. The molecule has 6 heteroatoms. The number of ether oxygens (including phenoxy) is 2. The Kier molecular flexibility index (Phi) is 40.1. The number of nitrogens with one attached hydrogen (secondary N) is 1. The summed E-state index contributed by atoms with van der Waals surface area (Å²) in [6.07, 6.45) is 33.2. The Balaban J connectivity index is 0. The van der Waals surface area contributed by atoms with Crippen LogP contribution in [-0.4, -0.2) is 37.7 Å². The molecule has 0 aliphatic rings. The Morgan fingerprint density at radius 3 is 1.49 bits per heavy atom. The van der Waals surface area contributed by atoms with E-state index in [4.69, 9.17) is 9.47 Å². The summed E-state index contributed by atoms with van der Waals surface area (Å²) >= 11 is 0.